The predicted octanol–water partition coefficient (Wildman–Crippen LogP) is 4.47. The highest BCUT2D eigenvalue weighted by molar-refractivity contribution is 5.85. The minimum absolute atomic E-state index is 0. The molecule has 0 radical (unpaired) electrons. The Balaban J connectivity index is 0.00000156. The minimum atomic E-state index is -1.23. The first-order valence-corrected chi connectivity index (χ1v) is 7.19. The predicted molar refractivity (Wildman–Crippen MR) is 81.6 cm³/mol. The summed E-state index contributed by atoms with van der Waals surface area (Å²) in [6.45, 7) is 1.09. The number of nitrogens with one attached hydrogen (secondary N) is 1. The van der Waals surface area contributed by atoms with Gasteiger partial charge in [0.25, 0.3) is 0 Å². The first-order valence-electron chi connectivity index (χ1n) is 7.19. The van der Waals surface area contributed by atoms with Crippen LogP contribution in [0.1, 0.15) is 24.0 Å². The maximum atomic E-state index is 14.3. The van der Waals surface area contributed by atoms with Gasteiger partial charge in [-0.1, -0.05) is 6.07 Å². The van der Waals surface area contributed by atoms with Crippen molar-refractivity contribution in [1.82, 2.24) is 5.32 Å². The zero-order valence-corrected chi connectivity index (χ0v) is 12.9. The number of hydrogen-bond donors (Lipinski definition) is 1. The van der Waals surface area contributed by atoms with E-state index in [9.17, 15) is 17.6 Å². The lowest BCUT2D eigenvalue weighted by molar-refractivity contribution is 0.490. The van der Waals surface area contributed by atoms with Crippen molar-refractivity contribution in [2.45, 2.75) is 24.8 Å². The van der Waals surface area contributed by atoms with Crippen LogP contribution >= 0.6 is 12.4 Å². The Morgan fingerprint density at radius 1 is 0.826 bits per heavy atom. The molecular weight excluding hydrogens is 330 g/mol. The zero-order chi connectivity index (χ0) is 15.5. The van der Waals surface area contributed by atoms with Crippen molar-refractivity contribution < 1.29 is 17.6 Å². The number of hydrogen-bond acceptors (Lipinski definition) is 1. The monoisotopic (exact) mass is 343 g/mol. The summed E-state index contributed by atoms with van der Waals surface area (Å²) in [5.41, 5.74) is 1.42. The summed E-state index contributed by atoms with van der Waals surface area (Å²) < 4.78 is 55.0. The van der Waals surface area contributed by atoms with Crippen molar-refractivity contribution in [2.24, 2.45) is 0 Å². The maximum absolute atomic E-state index is 14.3. The van der Waals surface area contributed by atoms with Crippen LogP contribution in [0.4, 0.5) is 17.6 Å². The second kappa shape index (κ2) is 5.49. The summed E-state index contributed by atoms with van der Waals surface area (Å²) in [5, 5.41) is 3.22. The van der Waals surface area contributed by atoms with Gasteiger partial charge in [0.2, 0.25) is 0 Å². The number of fused-ring (bicyclic) bond motifs is 2. The van der Waals surface area contributed by atoms with Gasteiger partial charge < -0.3 is 5.32 Å². The van der Waals surface area contributed by atoms with Crippen LogP contribution in [0.5, 0.6) is 0 Å². The van der Waals surface area contributed by atoms with Crippen molar-refractivity contribution in [3.05, 3.63) is 58.7 Å². The standard InChI is InChI=1S/C17H13F4N.ClH/c18-12-2-1-9(10-5-14(20)15(21)6-13(10)19)11-7-22-8-17(3-4-17)16(11)12;/h1-2,5-6,22H,3-4,7-8H2;1H. The summed E-state index contributed by atoms with van der Waals surface area (Å²) in [5.74, 6) is -3.49. The molecule has 0 unspecified atom stereocenters. The van der Waals surface area contributed by atoms with Crippen molar-refractivity contribution in [1.29, 1.82) is 0 Å². The second-order valence-corrected chi connectivity index (χ2v) is 6.08. The van der Waals surface area contributed by atoms with Crippen molar-refractivity contribution >= 4 is 12.4 Å². The van der Waals surface area contributed by atoms with Gasteiger partial charge >= 0.3 is 0 Å². The van der Waals surface area contributed by atoms with Crippen LogP contribution in [0, 0.1) is 23.3 Å². The van der Waals surface area contributed by atoms with Crippen molar-refractivity contribution in [3.63, 3.8) is 0 Å². The van der Waals surface area contributed by atoms with Gasteiger partial charge in [-0.2, -0.15) is 0 Å². The molecule has 4 rings (SSSR count). The average molecular weight is 344 g/mol. The van der Waals surface area contributed by atoms with E-state index < -0.39 is 17.5 Å². The van der Waals surface area contributed by atoms with Gasteiger partial charge in [0, 0.05) is 35.7 Å². The Bertz CT molecular complexity index is 787. The minimum Gasteiger partial charge on any atom is -0.312 e. The van der Waals surface area contributed by atoms with E-state index in [0.717, 1.165) is 18.9 Å². The highest BCUT2D eigenvalue weighted by atomic mass is 35.5. The molecule has 2 aliphatic rings. The lowest BCUT2D eigenvalue weighted by Gasteiger charge is -2.29. The molecule has 1 aliphatic carbocycles. The van der Waals surface area contributed by atoms with E-state index in [1.807, 2.05) is 0 Å². The molecule has 23 heavy (non-hydrogen) atoms. The zero-order valence-electron chi connectivity index (χ0n) is 12.1. The Hall–Kier alpha value is -1.59. The quantitative estimate of drug-likeness (QED) is 0.595. The molecule has 1 spiro atoms. The fourth-order valence-electron chi connectivity index (χ4n) is 3.45. The van der Waals surface area contributed by atoms with E-state index >= 15 is 0 Å². The largest absolute Gasteiger partial charge is 0.312 e. The number of benzene rings is 2. The molecule has 1 heterocycles. The third-order valence-corrected chi connectivity index (χ3v) is 4.71. The van der Waals surface area contributed by atoms with E-state index in [1.165, 1.54) is 12.1 Å². The van der Waals surface area contributed by atoms with E-state index in [4.69, 9.17) is 0 Å². The smallest absolute Gasteiger partial charge is 0.161 e. The molecule has 122 valence electrons. The lowest BCUT2D eigenvalue weighted by atomic mass is 9.83. The van der Waals surface area contributed by atoms with E-state index in [1.54, 1.807) is 0 Å². The SMILES string of the molecule is Cl.Fc1cc(F)c(-c2ccc(F)c3c2CNCC32CC2)cc1F. The van der Waals surface area contributed by atoms with Gasteiger partial charge in [0.15, 0.2) is 11.6 Å². The summed E-state index contributed by atoms with van der Waals surface area (Å²) in [7, 11) is 0. The molecule has 1 N–H and O–H groups in total. The summed E-state index contributed by atoms with van der Waals surface area (Å²) in [6.07, 6.45) is 1.77. The number of rotatable bonds is 1. The van der Waals surface area contributed by atoms with Gasteiger partial charge in [-0.15, -0.1) is 12.4 Å². The van der Waals surface area contributed by atoms with Gasteiger partial charge in [-0.25, -0.2) is 17.6 Å². The topological polar surface area (TPSA) is 12.0 Å². The first-order chi connectivity index (χ1) is 10.5. The normalized spacial score (nSPS) is 17.6. The van der Waals surface area contributed by atoms with E-state index in [-0.39, 0.29) is 29.2 Å². The van der Waals surface area contributed by atoms with Crippen molar-refractivity contribution in [2.75, 3.05) is 6.54 Å². The third-order valence-electron chi connectivity index (χ3n) is 4.71. The molecule has 1 saturated carbocycles. The second-order valence-electron chi connectivity index (χ2n) is 6.08. The van der Waals surface area contributed by atoms with E-state index in [0.29, 0.717) is 35.8 Å². The molecule has 0 aromatic heterocycles. The van der Waals surface area contributed by atoms with Gasteiger partial charge in [0.05, 0.1) is 0 Å². The highest BCUT2D eigenvalue weighted by Crippen LogP contribution is 2.52. The van der Waals surface area contributed by atoms with Crippen LogP contribution in [0.3, 0.4) is 0 Å². The van der Waals surface area contributed by atoms with Crippen LogP contribution in [0.2, 0.25) is 0 Å². The Morgan fingerprint density at radius 3 is 2.22 bits per heavy atom. The Kier molecular flexibility index (Phi) is 3.89. The highest BCUT2D eigenvalue weighted by Gasteiger charge is 2.49. The molecular formula is C17H14ClF4N. The molecule has 0 bridgehead atoms. The van der Waals surface area contributed by atoms with Crippen LogP contribution in [-0.2, 0) is 12.0 Å². The lowest BCUT2D eigenvalue weighted by Crippen LogP contribution is -2.34. The fourth-order valence-corrected chi connectivity index (χ4v) is 3.45. The van der Waals surface area contributed by atoms with Gasteiger partial charge in [0.1, 0.15) is 11.6 Å². The van der Waals surface area contributed by atoms with Crippen LogP contribution in [-0.4, -0.2) is 6.54 Å². The molecule has 1 nitrogen and oxygen atoms in total. The van der Waals surface area contributed by atoms with Crippen LogP contribution in [0.25, 0.3) is 11.1 Å². The van der Waals surface area contributed by atoms with Crippen LogP contribution in [0.15, 0.2) is 24.3 Å². The maximum Gasteiger partial charge on any atom is 0.161 e. The molecule has 0 amide bonds. The van der Waals surface area contributed by atoms with E-state index in [2.05, 4.69) is 5.32 Å². The first kappa shape index (κ1) is 16.3. The molecule has 2 aromatic rings. The summed E-state index contributed by atoms with van der Waals surface area (Å²) in [6, 6.07) is 4.10. The molecule has 0 saturated heterocycles. The molecule has 2 aromatic carbocycles. The molecule has 6 heteroatoms. The average Bonchev–Trinajstić information content (AvgIpc) is 3.24. The fraction of sp³-hybridized carbons (Fsp3) is 0.294. The van der Waals surface area contributed by atoms with Crippen molar-refractivity contribution in [3.8, 4) is 11.1 Å². The third kappa shape index (κ3) is 2.42. The molecule has 1 aliphatic heterocycles. The molecule has 1 fully saturated rings. The van der Waals surface area contributed by atoms with Gasteiger partial charge in [-0.05, 0) is 36.1 Å². The molecule has 0 atom stereocenters. The number of halogens is 5. The Morgan fingerprint density at radius 2 is 1.52 bits per heavy atom. The van der Waals surface area contributed by atoms with Crippen LogP contribution < -0.4 is 5.32 Å². The Labute approximate surface area is 137 Å². The summed E-state index contributed by atoms with van der Waals surface area (Å²) in [4.78, 5) is 0. The van der Waals surface area contributed by atoms with Gasteiger partial charge in [-0.3, -0.25) is 0 Å². The summed E-state index contributed by atoms with van der Waals surface area (Å²) >= 11 is 0.